The van der Waals surface area contributed by atoms with Gasteiger partial charge in [0, 0.05) is 29.8 Å². The Bertz CT molecular complexity index is 1200. The number of rotatable bonds is 7. The van der Waals surface area contributed by atoms with Crippen molar-refractivity contribution in [2.75, 3.05) is 7.11 Å². The molecule has 0 radical (unpaired) electrons. The molecule has 0 unspecified atom stereocenters. The number of benzene rings is 1. The largest absolute Gasteiger partial charge is 0.479 e. The average molecular weight is 479 g/mol. The fourth-order valence-electron chi connectivity index (χ4n) is 2.85. The van der Waals surface area contributed by atoms with Gasteiger partial charge >= 0.3 is 11.6 Å². The summed E-state index contributed by atoms with van der Waals surface area (Å²) in [5, 5.41) is 17.0. The smallest absolute Gasteiger partial charge is 0.335 e. The van der Waals surface area contributed by atoms with Crippen molar-refractivity contribution in [1.82, 2.24) is 25.0 Å². The van der Waals surface area contributed by atoms with Gasteiger partial charge in [-0.15, -0.1) is 9.90 Å². The first-order valence-corrected chi connectivity index (χ1v) is 10.2. The SMILES string of the molecule is COc1cnn(-c2ccc(-c3cc(=O)n(CCC(C)(C)C(=O)NO)cc3F)cc2)n1.O=S=O. The van der Waals surface area contributed by atoms with Crippen LogP contribution in [0.3, 0.4) is 0 Å². The van der Waals surface area contributed by atoms with Gasteiger partial charge in [0.1, 0.15) is 12.0 Å². The predicted octanol–water partition coefficient (Wildman–Crippen LogP) is 1.50. The number of halogens is 1. The van der Waals surface area contributed by atoms with E-state index in [1.54, 1.807) is 43.6 Å². The lowest BCUT2D eigenvalue weighted by molar-refractivity contribution is -0.138. The van der Waals surface area contributed by atoms with E-state index in [2.05, 4.69) is 10.2 Å². The quantitative estimate of drug-likeness (QED) is 0.383. The van der Waals surface area contributed by atoms with Crippen molar-refractivity contribution in [3.8, 4) is 22.7 Å². The number of hydrogen-bond donors (Lipinski definition) is 2. The van der Waals surface area contributed by atoms with Crippen LogP contribution in [0.2, 0.25) is 0 Å². The number of nitrogens with one attached hydrogen (secondary N) is 1. The summed E-state index contributed by atoms with van der Waals surface area (Å²) in [7, 11) is 1.49. The number of carbonyl (C=O) groups is 1. The van der Waals surface area contributed by atoms with Gasteiger partial charge in [0.25, 0.3) is 11.4 Å². The van der Waals surface area contributed by atoms with Crippen LogP contribution in [-0.2, 0) is 22.9 Å². The topological polar surface area (TPSA) is 145 Å². The lowest BCUT2D eigenvalue weighted by Crippen LogP contribution is -2.36. The first-order valence-electron chi connectivity index (χ1n) is 9.50. The Morgan fingerprint density at radius 3 is 2.45 bits per heavy atom. The van der Waals surface area contributed by atoms with Gasteiger partial charge in [-0.3, -0.25) is 14.8 Å². The highest BCUT2D eigenvalue weighted by molar-refractivity contribution is 7.51. The minimum absolute atomic E-state index is 0.127. The molecule has 33 heavy (non-hydrogen) atoms. The first-order chi connectivity index (χ1) is 15.7. The standard InChI is InChI=1S/C20H22FN5O4.O2S/c1-20(2,19(28)24-29)8-9-25-12-16(21)15(10-18(25)27)13-4-6-14(7-5-13)26-22-11-17(23-26)30-3;1-3-2/h4-7,10-12,29H,8-9H2,1-3H3,(H,24,28);. The zero-order valence-electron chi connectivity index (χ0n) is 18.0. The van der Waals surface area contributed by atoms with E-state index in [4.69, 9.17) is 18.4 Å². The van der Waals surface area contributed by atoms with Gasteiger partial charge in [-0.2, -0.15) is 13.5 Å². The molecular weight excluding hydrogens is 457 g/mol. The Hall–Kier alpha value is -3.71. The predicted molar refractivity (Wildman–Crippen MR) is 115 cm³/mol. The maximum Gasteiger partial charge on any atom is 0.335 e. The van der Waals surface area contributed by atoms with Gasteiger partial charge in [0.05, 0.1) is 12.8 Å². The second-order valence-electron chi connectivity index (χ2n) is 7.43. The lowest BCUT2D eigenvalue weighted by Gasteiger charge is -2.22. The summed E-state index contributed by atoms with van der Waals surface area (Å²) in [4.78, 5) is 25.5. The van der Waals surface area contributed by atoms with Gasteiger partial charge in [-0.05, 0) is 24.1 Å². The maximum atomic E-state index is 14.7. The average Bonchev–Trinajstić information content (AvgIpc) is 3.29. The molecule has 2 N–H and O–H groups in total. The van der Waals surface area contributed by atoms with Gasteiger partial charge in [0.2, 0.25) is 5.91 Å². The minimum atomic E-state index is -0.914. The summed E-state index contributed by atoms with van der Waals surface area (Å²) < 4.78 is 37.5. The highest BCUT2D eigenvalue weighted by atomic mass is 32.1. The zero-order valence-corrected chi connectivity index (χ0v) is 18.8. The third kappa shape index (κ3) is 6.40. The van der Waals surface area contributed by atoms with E-state index >= 15 is 0 Å². The van der Waals surface area contributed by atoms with E-state index < -0.39 is 34.3 Å². The summed E-state index contributed by atoms with van der Waals surface area (Å²) >= 11 is -0.750. The Morgan fingerprint density at radius 1 is 1.27 bits per heavy atom. The molecule has 1 amide bonds. The van der Waals surface area contributed by atoms with Crippen molar-refractivity contribution < 1.29 is 27.5 Å². The lowest BCUT2D eigenvalue weighted by atomic mass is 9.88. The maximum absolute atomic E-state index is 14.7. The monoisotopic (exact) mass is 479 g/mol. The molecule has 0 saturated carbocycles. The van der Waals surface area contributed by atoms with Gasteiger partial charge in [-0.1, -0.05) is 26.0 Å². The van der Waals surface area contributed by atoms with Crippen LogP contribution in [-0.4, -0.2) is 46.2 Å². The van der Waals surface area contributed by atoms with E-state index in [1.807, 2.05) is 0 Å². The Morgan fingerprint density at radius 2 is 1.91 bits per heavy atom. The van der Waals surface area contributed by atoms with Crippen LogP contribution in [0.5, 0.6) is 5.88 Å². The second-order valence-corrected chi connectivity index (χ2v) is 7.57. The summed E-state index contributed by atoms with van der Waals surface area (Å²) in [5.41, 5.74) is 1.64. The molecule has 1 aromatic carbocycles. The number of hydrogen-bond acceptors (Lipinski definition) is 8. The van der Waals surface area contributed by atoms with Crippen molar-refractivity contribution in [3.05, 3.63) is 58.9 Å². The molecule has 0 fully saturated rings. The molecular formula is C20H22FN5O6S. The van der Waals surface area contributed by atoms with E-state index in [1.165, 1.54) is 28.7 Å². The second kappa shape index (κ2) is 11.2. The number of hydroxylamine groups is 1. The van der Waals surface area contributed by atoms with Gasteiger partial charge in [0.15, 0.2) is 0 Å². The van der Waals surface area contributed by atoms with E-state index in [0.717, 1.165) is 6.20 Å². The number of carbonyl (C=O) groups excluding carboxylic acids is 1. The number of nitrogens with zero attached hydrogens (tertiary/aromatic N) is 4. The van der Waals surface area contributed by atoms with Crippen molar-refractivity contribution >= 4 is 17.5 Å². The molecule has 0 aliphatic rings. The molecule has 3 rings (SSSR count). The number of methoxy groups -OCH3 is 1. The van der Waals surface area contributed by atoms with Crippen molar-refractivity contribution in [2.24, 2.45) is 5.41 Å². The van der Waals surface area contributed by atoms with Crippen LogP contribution in [0.4, 0.5) is 4.39 Å². The minimum Gasteiger partial charge on any atom is -0.479 e. The van der Waals surface area contributed by atoms with Crippen LogP contribution >= 0.6 is 0 Å². The zero-order chi connectivity index (χ0) is 24.6. The summed E-state index contributed by atoms with van der Waals surface area (Å²) in [6, 6.07) is 7.97. The number of aryl methyl sites for hydroxylation is 1. The summed E-state index contributed by atoms with van der Waals surface area (Å²) in [5.74, 6) is -0.768. The fourth-order valence-corrected chi connectivity index (χ4v) is 2.85. The van der Waals surface area contributed by atoms with Crippen LogP contribution in [0.1, 0.15) is 20.3 Å². The molecule has 2 heterocycles. The Balaban J connectivity index is 0.00000122. The summed E-state index contributed by atoms with van der Waals surface area (Å²) in [6.07, 6.45) is 2.84. The molecule has 3 aromatic rings. The Labute approximate surface area is 191 Å². The van der Waals surface area contributed by atoms with Gasteiger partial charge < -0.3 is 9.30 Å². The van der Waals surface area contributed by atoms with Crippen LogP contribution < -0.4 is 15.8 Å². The molecule has 0 atom stereocenters. The molecule has 11 nitrogen and oxygen atoms in total. The first kappa shape index (κ1) is 25.5. The van der Waals surface area contributed by atoms with E-state index in [9.17, 15) is 14.0 Å². The molecule has 2 aromatic heterocycles. The molecule has 176 valence electrons. The van der Waals surface area contributed by atoms with E-state index in [-0.39, 0.29) is 18.5 Å². The molecule has 0 aliphatic carbocycles. The molecule has 13 heteroatoms. The number of ether oxygens (including phenoxy) is 1. The highest BCUT2D eigenvalue weighted by Gasteiger charge is 2.27. The van der Waals surface area contributed by atoms with Gasteiger partial charge in [-0.25, -0.2) is 9.87 Å². The third-order valence-corrected chi connectivity index (χ3v) is 4.86. The van der Waals surface area contributed by atoms with Crippen LogP contribution in [0.15, 0.2) is 47.5 Å². The van der Waals surface area contributed by atoms with Crippen LogP contribution in [0, 0.1) is 11.2 Å². The highest BCUT2D eigenvalue weighted by Crippen LogP contribution is 2.24. The van der Waals surface area contributed by atoms with Crippen molar-refractivity contribution in [2.45, 2.75) is 26.8 Å². The molecule has 0 spiro atoms. The molecule has 0 aliphatic heterocycles. The normalized spacial score (nSPS) is 10.7. The fraction of sp³-hybridized carbons (Fsp3) is 0.300. The number of pyridine rings is 1. The molecule has 0 saturated heterocycles. The molecule has 0 bridgehead atoms. The van der Waals surface area contributed by atoms with Crippen LogP contribution in [0.25, 0.3) is 16.8 Å². The Kier molecular flexibility index (Phi) is 8.70. The summed E-state index contributed by atoms with van der Waals surface area (Å²) in [6.45, 7) is 3.38. The van der Waals surface area contributed by atoms with Crippen molar-refractivity contribution in [3.63, 3.8) is 0 Å². The number of amides is 1. The number of aromatic nitrogens is 4. The van der Waals surface area contributed by atoms with E-state index in [0.29, 0.717) is 17.1 Å². The third-order valence-electron chi connectivity index (χ3n) is 4.86. The van der Waals surface area contributed by atoms with Crippen molar-refractivity contribution in [1.29, 1.82) is 0 Å².